The predicted molar refractivity (Wildman–Crippen MR) is 104 cm³/mol. The molecule has 2 aliphatic heterocycles. The zero-order valence-corrected chi connectivity index (χ0v) is 16.4. The van der Waals surface area contributed by atoms with Crippen LogP contribution in [0, 0.1) is 6.92 Å². The summed E-state index contributed by atoms with van der Waals surface area (Å²) < 4.78 is 1.97. The Labute approximate surface area is 162 Å². The Morgan fingerprint density at radius 3 is 2.56 bits per heavy atom. The molecule has 142 valence electrons. The summed E-state index contributed by atoms with van der Waals surface area (Å²) in [7, 11) is 0. The summed E-state index contributed by atoms with van der Waals surface area (Å²) in [6, 6.07) is 4.12. The van der Waals surface area contributed by atoms with Gasteiger partial charge in [-0.1, -0.05) is 0 Å². The number of rotatable bonds is 4. The third-order valence-electron chi connectivity index (χ3n) is 5.58. The first-order chi connectivity index (χ1) is 13.3. The van der Waals surface area contributed by atoms with Gasteiger partial charge in [0.05, 0.1) is 6.54 Å². The van der Waals surface area contributed by atoms with Crippen molar-refractivity contribution >= 4 is 22.8 Å². The lowest BCUT2D eigenvalue weighted by Crippen LogP contribution is -2.33. The Morgan fingerprint density at radius 2 is 1.81 bits per heavy atom. The maximum Gasteiger partial charge on any atom is 0.178 e. The van der Waals surface area contributed by atoms with E-state index in [2.05, 4.69) is 36.3 Å². The first-order valence-corrected chi connectivity index (χ1v) is 10.6. The van der Waals surface area contributed by atoms with E-state index in [1.165, 1.54) is 12.8 Å². The summed E-state index contributed by atoms with van der Waals surface area (Å²) >= 11 is 1.69. The van der Waals surface area contributed by atoms with E-state index in [4.69, 9.17) is 5.10 Å². The van der Waals surface area contributed by atoms with Crippen molar-refractivity contribution in [3.8, 4) is 0 Å². The molecular weight excluding hydrogens is 360 g/mol. The van der Waals surface area contributed by atoms with Gasteiger partial charge < -0.3 is 4.90 Å². The molecule has 0 N–H and O–H groups in total. The van der Waals surface area contributed by atoms with Crippen molar-refractivity contribution in [1.29, 1.82) is 0 Å². The Kier molecular flexibility index (Phi) is 4.48. The number of piperidine rings is 1. The molecule has 9 heteroatoms. The molecule has 5 heterocycles. The van der Waals surface area contributed by atoms with Gasteiger partial charge in [0.1, 0.15) is 15.8 Å². The van der Waals surface area contributed by atoms with E-state index in [0.29, 0.717) is 5.92 Å². The van der Waals surface area contributed by atoms with E-state index in [0.717, 1.165) is 72.9 Å². The molecule has 0 unspecified atom stereocenters. The predicted octanol–water partition coefficient (Wildman–Crippen LogP) is 2.26. The molecule has 0 atom stereocenters. The van der Waals surface area contributed by atoms with Crippen LogP contribution in [0.5, 0.6) is 0 Å². The molecule has 2 fully saturated rings. The van der Waals surface area contributed by atoms with Crippen LogP contribution < -0.4 is 4.90 Å². The minimum absolute atomic E-state index is 0.411. The van der Waals surface area contributed by atoms with Gasteiger partial charge in [-0.05, 0) is 57.8 Å². The van der Waals surface area contributed by atoms with Crippen molar-refractivity contribution in [3.63, 3.8) is 0 Å². The number of hydrogen-bond acceptors (Lipinski definition) is 8. The van der Waals surface area contributed by atoms with Crippen LogP contribution in [-0.4, -0.2) is 61.1 Å². The van der Waals surface area contributed by atoms with E-state index in [1.54, 1.807) is 11.3 Å². The van der Waals surface area contributed by atoms with Crippen LogP contribution >= 0.6 is 11.3 Å². The molecule has 5 rings (SSSR count). The van der Waals surface area contributed by atoms with Crippen LogP contribution in [0.2, 0.25) is 0 Å². The molecular formula is C18H24N8S. The lowest BCUT2D eigenvalue weighted by atomic mass is 9.96. The fourth-order valence-corrected chi connectivity index (χ4v) is 4.86. The van der Waals surface area contributed by atoms with Crippen molar-refractivity contribution < 1.29 is 0 Å². The number of aromatic nitrogens is 6. The smallest absolute Gasteiger partial charge is 0.178 e. The molecule has 3 aromatic heterocycles. The van der Waals surface area contributed by atoms with Gasteiger partial charge in [0.15, 0.2) is 11.5 Å². The number of likely N-dealkylation sites (tertiary alicyclic amines) is 1. The van der Waals surface area contributed by atoms with Gasteiger partial charge in [0.25, 0.3) is 0 Å². The van der Waals surface area contributed by atoms with Gasteiger partial charge in [-0.15, -0.1) is 36.8 Å². The normalized spacial score (nSPS) is 19.4. The van der Waals surface area contributed by atoms with Gasteiger partial charge in [-0.3, -0.25) is 4.90 Å². The van der Waals surface area contributed by atoms with E-state index in [9.17, 15) is 0 Å². The first kappa shape index (κ1) is 17.0. The van der Waals surface area contributed by atoms with Crippen LogP contribution in [0.15, 0.2) is 12.1 Å². The maximum atomic E-state index is 4.87. The number of aryl methyl sites for hydroxylation is 1. The average Bonchev–Trinajstić information content (AvgIpc) is 3.43. The van der Waals surface area contributed by atoms with Crippen molar-refractivity contribution in [2.45, 2.75) is 45.1 Å². The van der Waals surface area contributed by atoms with Crippen LogP contribution in [0.25, 0.3) is 5.65 Å². The molecule has 0 radical (unpaired) electrons. The molecule has 2 saturated heterocycles. The maximum absolute atomic E-state index is 4.87. The molecule has 0 saturated carbocycles. The Bertz CT molecular complexity index is 920. The van der Waals surface area contributed by atoms with Gasteiger partial charge in [0.2, 0.25) is 0 Å². The second-order valence-corrected chi connectivity index (χ2v) is 8.75. The second kappa shape index (κ2) is 7.12. The largest absolute Gasteiger partial charge is 0.355 e. The highest BCUT2D eigenvalue weighted by Crippen LogP contribution is 2.28. The zero-order chi connectivity index (χ0) is 18.2. The number of anilines is 1. The van der Waals surface area contributed by atoms with Gasteiger partial charge in [0, 0.05) is 19.0 Å². The monoisotopic (exact) mass is 384 g/mol. The highest BCUT2D eigenvalue weighted by atomic mass is 32.1. The van der Waals surface area contributed by atoms with Crippen molar-refractivity contribution in [2.24, 2.45) is 0 Å². The quantitative estimate of drug-likeness (QED) is 0.683. The Balaban J connectivity index is 1.30. The molecule has 0 aliphatic carbocycles. The van der Waals surface area contributed by atoms with E-state index in [-0.39, 0.29) is 0 Å². The first-order valence-electron chi connectivity index (χ1n) is 9.75. The van der Waals surface area contributed by atoms with Gasteiger partial charge in [-0.25, -0.2) is 0 Å². The number of nitrogens with zero attached hydrogens (tertiary/aromatic N) is 8. The molecule has 2 aliphatic rings. The minimum Gasteiger partial charge on any atom is -0.355 e. The average molecular weight is 385 g/mol. The van der Waals surface area contributed by atoms with Crippen LogP contribution in [0.1, 0.15) is 47.4 Å². The summed E-state index contributed by atoms with van der Waals surface area (Å²) in [4.78, 5) is 4.82. The summed E-state index contributed by atoms with van der Waals surface area (Å²) in [5.74, 6) is 2.47. The molecule has 27 heavy (non-hydrogen) atoms. The second-order valence-electron chi connectivity index (χ2n) is 7.48. The summed E-state index contributed by atoms with van der Waals surface area (Å²) in [6.07, 6.45) is 4.66. The Hall–Kier alpha value is -2.13. The molecule has 0 aromatic carbocycles. The molecule has 0 bridgehead atoms. The fourth-order valence-electron chi connectivity index (χ4n) is 4.11. The summed E-state index contributed by atoms with van der Waals surface area (Å²) in [6.45, 7) is 7.19. The summed E-state index contributed by atoms with van der Waals surface area (Å²) in [5.41, 5.74) is 0.847. The third kappa shape index (κ3) is 3.41. The molecule has 0 spiro atoms. The van der Waals surface area contributed by atoms with Crippen LogP contribution in [0.3, 0.4) is 0 Å². The highest BCUT2D eigenvalue weighted by Gasteiger charge is 2.26. The molecule has 0 amide bonds. The molecule has 8 nitrogen and oxygen atoms in total. The summed E-state index contributed by atoms with van der Waals surface area (Å²) in [5, 5.41) is 24.2. The van der Waals surface area contributed by atoms with Crippen molar-refractivity contribution in [3.05, 3.63) is 28.0 Å². The number of fused-ring (bicyclic) bond motifs is 1. The lowest BCUT2D eigenvalue weighted by molar-refractivity contribution is 0.200. The van der Waals surface area contributed by atoms with Gasteiger partial charge in [-0.2, -0.15) is 4.52 Å². The van der Waals surface area contributed by atoms with Crippen LogP contribution in [0.4, 0.5) is 5.82 Å². The van der Waals surface area contributed by atoms with Crippen LogP contribution in [-0.2, 0) is 6.54 Å². The zero-order valence-electron chi connectivity index (χ0n) is 15.6. The van der Waals surface area contributed by atoms with Crippen molar-refractivity contribution in [2.75, 3.05) is 31.1 Å². The topological polar surface area (TPSA) is 75.3 Å². The van der Waals surface area contributed by atoms with Gasteiger partial charge >= 0.3 is 0 Å². The van der Waals surface area contributed by atoms with E-state index >= 15 is 0 Å². The van der Waals surface area contributed by atoms with E-state index < -0.39 is 0 Å². The highest BCUT2D eigenvalue weighted by molar-refractivity contribution is 7.11. The molecule has 3 aromatic rings. The minimum atomic E-state index is 0.411. The standard InChI is InChI=1S/C18H24N8S/c1-13-19-21-17(27-13)12-24-10-6-14(7-11-24)18-22-20-15-4-5-16(23-26(15)18)25-8-2-3-9-25/h4-5,14H,2-3,6-12H2,1H3. The lowest BCUT2D eigenvalue weighted by Gasteiger charge is -2.30. The third-order valence-corrected chi connectivity index (χ3v) is 6.41. The number of hydrogen-bond donors (Lipinski definition) is 0. The van der Waals surface area contributed by atoms with Crippen molar-refractivity contribution in [1.82, 2.24) is 34.9 Å². The van der Waals surface area contributed by atoms with E-state index in [1.807, 2.05) is 17.5 Å². The fraction of sp³-hybridized carbons (Fsp3) is 0.611. The SMILES string of the molecule is Cc1nnc(CN2CCC(c3nnc4ccc(N5CCCC5)nn34)CC2)s1. The Morgan fingerprint density at radius 1 is 1.00 bits per heavy atom.